The quantitative estimate of drug-likeness (QED) is 0.629. The highest BCUT2D eigenvalue weighted by atomic mass is 32.2. The fraction of sp³-hybridized carbons (Fsp3) is 0.316. The Balaban J connectivity index is 1.83. The van der Waals surface area contributed by atoms with Crippen molar-refractivity contribution in [3.63, 3.8) is 0 Å². The number of carbonyl (C=O) groups is 1. The van der Waals surface area contributed by atoms with Crippen LogP contribution in [-0.2, 0) is 21.4 Å². The zero-order chi connectivity index (χ0) is 21.4. The standard InChI is InChI=1S/C19H22F2N2O5S/c1-23(13-14-3-5-16(6-4-14)28-19(20)21)18(24)11-12-22-29(25,26)17-9-7-15(27-2)8-10-17/h3-10,19,22H,11-13H2,1-2H3. The molecule has 10 heteroatoms. The van der Waals surface area contributed by atoms with Crippen LogP contribution in [0.1, 0.15) is 12.0 Å². The van der Waals surface area contributed by atoms with E-state index in [1.165, 1.54) is 48.4 Å². The van der Waals surface area contributed by atoms with Crippen LogP contribution in [-0.4, -0.2) is 46.5 Å². The van der Waals surface area contributed by atoms with E-state index in [0.29, 0.717) is 5.75 Å². The predicted molar refractivity (Wildman–Crippen MR) is 102 cm³/mol. The van der Waals surface area contributed by atoms with E-state index in [1.807, 2.05) is 0 Å². The van der Waals surface area contributed by atoms with Gasteiger partial charge >= 0.3 is 6.61 Å². The summed E-state index contributed by atoms with van der Waals surface area (Å²) in [7, 11) is -0.677. The van der Waals surface area contributed by atoms with Crippen LogP contribution in [0.15, 0.2) is 53.4 Å². The molecule has 2 aromatic rings. The molecule has 0 aliphatic heterocycles. The van der Waals surface area contributed by atoms with Gasteiger partial charge in [-0.25, -0.2) is 13.1 Å². The lowest BCUT2D eigenvalue weighted by Crippen LogP contribution is -2.31. The van der Waals surface area contributed by atoms with Crippen molar-refractivity contribution in [1.29, 1.82) is 0 Å². The van der Waals surface area contributed by atoms with E-state index >= 15 is 0 Å². The van der Waals surface area contributed by atoms with Crippen molar-refractivity contribution >= 4 is 15.9 Å². The number of amides is 1. The number of benzene rings is 2. The van der Waals surface area contributed by atoms with E-state index in [9.17, 15) is 22.0 Å². The summed E-state index contributed by atoms with van der Waals surface area (Å²) in [6.45, 7) is -2.70. The molecular formula is C19H22F2N2O5S. The molecule has 2 rings (SSSR count). The highest BCUT2D eigenvalue weighted by Crippen LogP contribution is 2.17. The van der Waals surface area contributed by atoms with E-state index in [4.69, 9.17) is 4.74 Å². The fourth-order valence-electron chi connectivity index (χ4n) is 2.46. The Morgan fingerprint density at radius 1 is 1.07 bits per heavy atom. The van der Waals surface area contributed by atoms with E-state index < -0.39 is 16.6 Å². The lowest BCUT2D eigenvalue weighted by molar-refractivity contribution is -0.130. The minimum atomic E-state index is -3.73. The summed E-state index contributed by atoms with van der Waals surface area (Å²) in [5.41, 5.74) is 0.723. The minimum Gasteiger partial charge on any atom is -0.497 e. The molecule has 0 radical (unpaired) electrons. The molecule has 158 valence electrons. The summed E-state index contributed by atoms with van der Waals surface area (Å²) in [5, 5.41) is 0. The average Bonchev–Trinajstić information content (AvgIpc) is 2.69. The van der Waals surface area contributed by atoms with Crippen molar-refractivity contribution in [2.75, 3.05) is 20.7 Å². The molecule has 29 heavy (non-hydrogen) atoms. The van der Waals surface area contributed by atoms with Crippen LogP contribution in [0.2, 0.25) is 0 Å². The Morgan fingerprint density at radius 3 is 2.21 bits per heavy atom. The molecule has 0 saturated heterocycles. The maximum absolute atomic E-state index is 12.2. The maximum Gasteiger partial charge on any atom is 0.387 e. The van der Waals surface area contributed by atoms with Crippen molar-refractivity contribution in [3.8, 4) is 11.5 Å². The minimum absolute atomic E-state index is 0.0293. The van der Waals surface area contributed by atoms with Crippen LogP contribution in [0.25, 0.3) is 0 Å². The molecule has 0 saturated carbocycles. The Bertz CT molecular complexity index is 903. The van der Waals surface area contributed by atoms with Gasteiger partial charge in [-0.2, -0.15) is 8.78 Å². The Morgan fingerprint density at radius 2 is 1.66 bits per heavy atom. The average molecular weight is 428 g/mol. The first-order chi connectivity index (χ1) is 13.7. The van der Waals surface area contributed by atoms with E-state index in [-0.39, 0.29) is 36.1 Å². The molecular weight excluding hydrogens is 406 g/mol. The van der Waals surface area contributed by atoms with E-state index in [2.05, 4.69) is 9.46 Å². The summed E-state index contributed by atoms with van der Waals surface area (Å²) in [5.74, 6) is 0.301. The Kier molecular flexibility index (Phi) is 7.91. The molecule has 0 aliphatic carbocycles. The number of hydrogen-bond acceptors (Lipinski definition) is 5. The van der Waals surface area contributed by atoms with Crippen LogP contribution in [0.3, 0.4) is 0 Å². The summed E-state index contributed by atoms with van der Waals surface area (Å²) in [6, 6.07) is 11.8. The number of carbonyl (C=O) groups excluding carboxylic acids is 1. The number of sulfonamides is 1. The summed E-state index contributed by atoms with van der Waals surface area (Å²) in [4.78, 5) is 13.7. The van der Waals surface area contributed by atoms with Gasteiger partial charge in [-0.15, -0.1) is 0 Å². The number of halogens is 2. The SMILES string of the molecule is COc1ccc(S(=O)(=O)NCCC(=O)N(C)Cc2ccc(OC(F)F)cc2)cc1. The normalized spacial score (nSPS) is 11.3. The molecule has 0 atom stereocenters. The topological polar surface area (TPSA) is 84.9 Å². The Hall–Kier alpha value is -2.72. The molecule has 0 aromatic heterocycles. The highest BCUT2D eigenvalue weighted by Gasteiger charge is 2.16. The van der Waals surface area contributed by atoms with Crippen molar-refractivity contribution < 1.29 is 31.5 Å². The van der Waals surface area contributed by atoms with Gasteiger partial charge in [0.2, 0.25) is 15.9 Å². The third-order valence-electron chi connectivity index (χ3n) is 3.99. The number of hydrogen-bond donors (Lipinski definition) is 1. The molecule has 7 nitrogen and oxygen atoms in total. The predicted octanol–water partition coefficient (Wildman–Crippen LogP) is 2.62. The highest BCUT2D eigenvalue weighted by molar-refractivity contribution is 7.89. The second kappa shape index (κ2) is 10.2. The third kappa shape index (κ3) is 6.99. The molecule has 0 heterocycles. The van der Waals surface area contributed by atoms with Gasteiger partial charge in [0, 0.05) is 26.6 Å². The Labute approximate surface area is 168 Å². The first kappa shape index (κ1) is 22.6. The molecule has 0 fully saturated rings. The maximum atomic E-state index is 12.2. The number of nitrogens with zero attached hydrogens (tertiary/aromatic N) is 1. The van der Waals surface area contributed by atoms with Crippen LogP contribution in [0.5, 0.6) is 11.5 Å². The van der Waals surface area contributed by atoms with Gasteiger partial charge in [-0.05, 0) is 42.0 Å². The summed E-state index contributed by atoms with van der Waals surface area (Å²) < 4.78 is 60.4. The van der Waals surface area contributed by atoms with E-state index in [0.717, 1.165) is 5.56 Å². The first-order valence-electron chi connectivity index (χ1n) is 8.62. The molecule has 1 N–H and O–H groups in total. The van der Waals surface area contributed by atoms with Crippen LogP contribution in [0, 0.1) is 0 Å². The van der Waals surface area contributed by atoms with Gasteiger partial charge in [0.25, 0.3) is 0 Å². The van der Waals surface area contributed by atoms with Crippen molar-refractivity contribution in [3.05, 3.63) is 54.1 Å². The second-order valence-corrected chi connectivity index (χ2v) is 7.86. The number of methoxy groups -OCH3 is 1. The molecule has 2 aromatic carbocycles. The van der Waals surface area contributed by atoms with Gasteiger partial charge in [-0.1, -0.05) is 12.1 Å². The third-order valence-corrected chi connectivity index (χ3v) is 5.47. The molecule has 0 aliphatic rings. The molecule has 0 bridgehead atoms. The second-order valence-electron chi connectivity index (χ2n) is 6.10. The van der Waals surface area contributed by atoms with Gasteiger partial charge in [0.15, 0.2) is 0 Å². The first-order valence-corrected chi connectivity index (χ1v) is 10.1. The van der Waals surface area contributed by atoms with Gasteiger partial charge in [-0.3, -0.25) is 4.79 Å². The van der Waals surface area contributed by atoms with Gasteiger partial charge in [0.1, 0.15) is 11.5 Å². The summed E-state index contributed by atoms with van der Waals surface area (Å²) in [6.07, 6.45) is -0.0293. The van der Waals surface area contributed by atoms with Gasteiger partial charge in [0.05, 0.1) is 12.0 Å². The molecule has 0 spiro atoms. The van der Waals surface area contributed by atoms with Crippen LogP contribution >= 0.6 is 0 Å². The molecule has 1 amide bonds. The number of rotatable bonds is 10. The van der Waals surface area contributed by atoms with Crippen molar-refractivity contribution in [2.24, 2.45) is 0 Å². The molecule has 0 unspecified atom stereocenters. The van der Waals surface area contributed by atoms with Crippen LogP contribution < -0.4 is 14.2 Å². The lowest BCUT2D eigenvalue weighted by atomic mass is 10.2. The largest absolute Gasteiger partial charge is 0.497 e. The zero-order valence-electron chi connectivity index (χ0n) is 16.0. The monoisotopic (exact) mass is 428 g/mol. The number of alkyl halides is 2. The fourth-order valence-corrected chi connectivity index (χ4v) is 3.49. The smallest absolute Gasteiger partial charge is 0.387 e. The number of ether oxygens (including phenoxy) is 2. The van der Waals surface area contributed by atoms with Gasteiger partial charge < -0.3 is 14.4 Å². The number of nitrogens with one attached hydrogen (secondary N) is 1. The van der Waals surface area contributed by atoms with Crippen molar-refractivity contribution in [1.82, 2.24) is 9.62 Å². The van der Waals surface area contributed by atoms with E-state index in [1.54, 1.807) is 19.2 Å². The lowest BCUT2D eigenvalue weighted by Gasteiger charge is -2.18. The summed E-state index contributed by atoms with van der Waals surface area (Å²) >= 11 is 0. The van der Waals surface area contributed by atoms with Crippen LogP contribution in [0.4, 0.5) is 8.78 Å². The van der Waals surface area contributed by atoms with Crippen molar-refractivity contribution in [2.45, 2.75) is 24.5 Å². The zero-order valence-corrected chi connectivity index (χ0v) is 16.8.